The summed E-state index contributed by atoms with van der Waals surface area (Å²) in [6.45, 7) is 0. The molecular weight excluding hydrogens is 556 g/mol. The molecule has 0 fully saturated rings. The lowest BCUT2D eigenvalue weighted by Crippen LogP contribution is -2.35. The van der Waals surface area contributed by atoms with Gasteiger partial charge in [0.15, 0.2) is 0 Å². The Morgan fingerprint density at radius 2 is 1.54 bits per heavy atom. The van der Waals surface area contributed by atoms with Crippen LogP contribution >= 0.6 is 47.8 Å². The molecule has 0 aliphatic carbocycles. The molecule has 4 nitrogen and oxygen atoms in total. The van der Waals surface area contributed by atoms with E-state index in [0.717, 1.165) is 0 Å². The van der Waals surface area contributed by atoms with Crippen LogP contribution in [0, 0.1) is 5.82 Å². The minimum Gasteiger partial charge on any atom is -0.305 e. The lowest BCUT2D eigenvalue weighted by atomic mass is 10.2. The van der Waals surface area contributed by atoms with Crippen molar-refractivity contribution >= 4 is 65.4 Å². The summed E-state index contributed by atoms with van der Waals surface area (Å²) in [6, 6.07) is 4.57. The molecule has 2 rings (SSSR count). The fraction of sp³-hybridized carbons (Fsp3) is 0.0667. The van der Waals surface area contributed by atoms with E-state index in [4.69, 9.17) is 0 Å². The van der Waals surface area contributed by atoms with Gasteiger partial charge in [0, 0.05) is 13.4 Å². The third-order valence-corrected chi connectivity index (χ3v) is 5.00. The van der Waals surface area contributed by atoms with E-state index in [9.17, 15) is 27.2 Å². The van der Waals surface area contributed by atoms with Crippen LogP contribution in [-0.4, -0.2) is 11.9 Å². The molecule has 26 heavy (non-hydrogen) atoms. The number of halogens is 7. The van der Waals surface area contributed by atoms with Crippen molar-refractivity contribution < 1.29 is 27.2 Å². The average molecular weight is 563 g/mol. The Balaban J connectivity index is 2.22. The molecular formula is C15H7Br3F4N2O2. The summed E-state index contributed by atoms with van der Waals surface area (Å²) in [5, 5.41) is 3.81. The molecule has 0 aliphatic rings. The van der Waals surface area contributed by atoms with Crippen molar-refractivity contribution in [2.45, 2.75) is 6.18 Å². The molecule has 0 spiro atoms. The molecule has 11 heteroatoms. The molecule has 0 aliphatic heterocycles. The summed E-state index contributed by atoms with van der Waals surface area (Å²) in [4.78, 5) is 24.0. The number of anilines is 1. The second-order valence-corrected chi connectivity index (χ2v) is 7.38. The fourth-order valence-electron chi connectivity index (χ4n) is 1.90. The number of imide groups is 1. The topological polar surface area (TPSA) is 58.2 Å². The third kappa shape index (κ3) is 4.83. The Morgan fingerprint density at radius 1 is 0.962 bits per heavy atom. The number of alkyl halides is 3. The largest absolute Gasteiger partial charge is 0.417 e. The van der Waals surface area contributed by atoms with E-state index in [1.54, 1.807) is 18.2 Å². The fourth-order valence-corrected chi connectivity index (χ4v) is 3.79. The summed E-state index contributed by atoms with van der Waals surface area (Å²) in [6.07, 6.45) is -4.75. The smallest absolute Gasteiger partial charge is 0.305 e. The lowest BCUT2D eigenvalue weighted by Gasteiger charge is -2.13. The molecule has 2 aromatic carbocycles. The normalized spacial score (nSPS) is 11.2. The average Bonchev–Trinajstić information content (AvgIpc) is 2.48. The molecule has 0 heterocycles. The highest BCUT2D eigenvalue weighted by atomic mass is 79.9. The van der Waals surface area contributed by atoms with Crippen LogP contribution in [0.3, 0.4) is 0 Å². The van der Waals surface area contributed by atoms with Gasteiger partial charge in [-0.05, 0) is 56.1 Å². The highest BCUT2D eigenvalue weighted by Crippen LogP contribution is 2.37. The summed E-state index contributed by atoms with van der Waals surface area (Å²) in [7, 11) is 0. The maximum Gasteiger partial charge on any atom is 0.417 e. The van der Waals surface area contributed by atoms with E-state index < -0.39 is 39.7 Å². The number of urea groups is 1. The Hall–Kier alpha value is -1.46. The van der Waals surface area contributed by atoms with E-state index in [0.29, 0.717) is 21.1 Å². The van der Waals surface area contributed by atoms with Crippen LogP contribution in [-0.2, 0) is 6.18 Å². The van der Waals surface area contributed by atoms with Gasteiger partial charge in [0.05, 0.1) is 16.8 Å². The first-order valence-electron chi connectivity index (χ1n) is 6.63. The first-order valence-corrected chi connectivity index (χ1v) is 9.01. The first kappa shape index (κ1) is 20.8. The van der Waals surface area contributed by atoms with Crippen LogP contribution in [0.2, 0.25) is 0 Å². The highest BCUT2D eigenvalue weighted by molar-refractivity contribution is 9.11. The quantitative estimate of drug-likeness (QED) is 0.435. The van der Waals surface area contributed by atoms with Crippen molar-refractivity contribution in [1.29, 1.82) is 0 Å². The monoisotopic (exact) mass is 560 g/mol. The second kappa shape index (κ2) is 8.05. The first-order chi connectivity index (χ1) is 12.0. The minimum absolute atomic E-state index is 0.0925. The molecule has 0 radical (unpaired) electrons. The summed E-state index contributed by atoms with van der Waals surface area (Å²) >= 11 is 8.90. The predicted octanol–water partition coefficient (Wildman–Crippen LogP) is 6.09. The van der Waals surface area contributed by atoms with Crippen LogP contribution in [0.15, 0.2) is 43.7 Å². The van der Waals surface area contributed by atoms with E-state index in [-0.39, 0.29) is 5.56 Å². The van der Waals surface area contributed by atoms with Crippen molar-refractivity contribution in [3.05, 3.63) is 60.7 Å². The summed E-state index contributed by atoms with van der Waals surface area (Å²) in [5.74, 6) is -1.94. The zero-order valence-electron chi connectivity index (χ0n) is 12.3. The van der Waals surface area contributed by atoms with Crippen LogP contribution in [0.1, 0.15) is 15.9 Å². The number of benzene rings is 2. The van der Waals surface area contributed by atoms with E-state index in [2.05, 4.69) is 47.8 Å². The van der Waals surface area contributed by atoms with Crippen molar-refractivity contribution in [3.63, 3.8) is 0 Å². The van der Waals surface area contributed by atoms with E-state index in [1.165, 1.54) is 0 Å². The van der Waals surface area contributed by atoms with Crippen molar-refractivity contribution in [1.82, 2.24) is 5.32 Å². The predicted molar refractivity (Wildman–Crippen MR) is 97.4 cm³/mol. The summed E-state index contributed by atoms with van der Waals surface area (Å²) < 4.78 is 52.7. The Labute approximate surface area is 169 Å². The van der Waals surface area contributed by atoms with Crippen LogP contribution in [0.25, 0.3) is 0 Å². The minimum atomic E-state index is -4.75. The zero-order chi connectivity index (χ0) is 19.6. The van der Waals surface area contributed by atoms with Crippen molar-refractivity contribution in [3.8, 4) is 0 Å². The van der Waals surface area contributed by atoms with Gasteiger partial charge in [0.2, 0.25) is 0 Å². The van der Waals surface area contributed by atoms with Crippen molar-refractivity contribution in [2.24, 2.45) is 0 Å². The number of carbonyl (C=O) groups is 2. The number of carbonyl (C=O) groups excluding carboxylic acids is 2. The van der Waals surface area contributed by atoms with Gasteiger partial charge in [-0.3, -0.25) is 10.1 Å². The van der Waals surface area contributed by atoms with Gasteiger partial charge < -0.3 is 5.32 Å². The zero-order valence-corrected chi connectivity index (χ0v) is 17.1. The van der Waals surface area contributed by atoms with Crippen LogP contribution in [0.5, 0.6) is 0 Å². The van der Waals surface area contributed by atoms with Gasteiger partial charge in [-0.25, -0.2) is 9.18 Å². The molecule has 0 saturated carbocycles. The SMILES string of the molecule is O=C(NC(=O)c1c(Br)cccc1Br)Nc1cc(C(F)(F)F)c(Br)cc1F. The van der Waals surface area contributed by atoms with Gasteiger partial charge >= 0.3 is 12.2 Å². The number of nitrogens with one attached hydrogen (secondary N) is 2. The van der Waals surface area contributed by atoms with Gasteiger partial charge in [0.1, 0.15) is 5.82 Å². The Bertz CT molecular complexity index is 868. The van der Waals surface area contributed by atoms with Crippen LogP contribution < -0.4 is 10.6 Å². The third-order valence-electron chi connectivity index (χ3n) is 3.03. The second-order valence-electron chi connectivity index (χ2n) is 4.81. The van der Waals surface area contributed by atoms with Crippen LogP contribution in [0.4, 0.5) is 28.0 Å². The number of rotatable bonds is 2. The molecule has 2 N–H and O–H groups in total. The molecule has 0 aromatic heterocycles. The van der Waals surface area contributed by atoms with Crippen molar-refractivity contribution in [2.75, 3.05) is 5.32 Å². The molecule has 0 unspecified atom stereocenters. The van der Waals surface area contributed by atoms with Gasteiger partial charge in [-0.15, -0.1) is 0 Å². The van der Waals surface area contributed by atoms with Gasteiger partial charge in [-0.2, -0.15) is 13.2 Å². The maximum absolute atomic E-state index is 13.8. The lowest BCUT2D eigenvalue weighted by molar-refractivity contribution is -0.138. The molecule has 3 amide bonds. The maximum atomic E-state index is 13.8. The van der Waals surface area contributed by atoms with Gasteiger partial charge in [-0.1, -0.05) is 22.0 Å². The Morgan fingerprint density at radius 3 is 2.08 bits per heavy atom. The molecule has 0 saturated heterocycles. The number of hydrogen-bond acceptors (Lipinski definition) is 2. The number of hydrogen-bond donors (Lipinski definition) is 2. The van der Waals surface area contributed by atoms with E-state index >= 15 is 0 Å². The van der Waals surface area contributed by atoms with E-state index in [1.807, 2.05) is 10.6 Å². The molecule has 0 atom stereocenters. The number of amides is 3. The summed E-state index contributed by atoms with van der Waals surface area (Å²) in [5.41, 5.74) is -1.80. The van der Waals surface area contributed by atoms with Gasteiger partial charge in [0.25, 0.3) is 5.91 Å². The molecule has 138 valence electrons. The highest BCUT2D eigenvalue weighted by Gasteiger charge is 2.34. The molecule has 2 aromatic rings. The standard InChI is InChI=1S/C15H7Br3F4N2O2/c16-7-2-1-3-8(17)12(7)13(25)24-14(26)23-11-4-6(15(20,21)22)9(18)5-10(11)19/h1-5H,(H2,23,24,25,26). The Kier molecular flexibility index (Phi) is 6.46. The molecule has 0 bridgehead atoms.